The standard InChI is InChI=1S/C19H29ClO/c1-18-9-7-13(20)11-12(18)3-4-14-15-5-6-17(21)19(15,2)10-8-16(14)18/h12-16H,3-11H2,1-2H3/t12-,13?,14?,15?,16?,18-,19+/m1/s1. The van der Waals surface area contributed by atoms with Crippen molar-refractivity contribution in [3.63, 3.8) is 0 Å². The number of ketones is 1. The zero-order chi connectivity index (χ0) is 14.8. The highest BCUT2D eigenvalue weighted by atomic mass is 35.5. The first-order valence-electron chi connectivity index (χ1n) is 9.12. The maximum atomic E-state index is 12.4. The highest BCUT2D eigenvalue weighted by Crippen LogP contribution is 2.65. The van der Waals surface area contributed by atoms with Crippen LogP contribution in [-0.2, 0) is 4.79 Å². The molecule has 4 fully saturated rings. The van der Waals surface area contributed by atoms with E-state index in [-0.39, 0.29) is 5.41 Å². The van der Waals surface area contributed by atoms with E-state index in [1.54, 1.807) is 0 Å². The summed E-state index contributed by atoms with van der Waals surface area (Å²) in [5, 5.41) is 0.418. The SMILES string of the molecule is C[C@@]12CCC(Cl)C[C@H]1CCC1C2CC[C@]2(C)C(=O)CCC12. The van der Waals surface area contributed by atoms with E-state index in [0.29, 0.717) is 22.5 Å². The molecule has 0 N–H and O–H groups in total. The second-order valence-corrected chi connectivity index (χ2v) is 9.56. The molecule has 0 radical (unpaired) electrons. The normalized spacial score (nSPS) is 56.5. The van der Waals surface area contributed by atoms with Crippen LogP contribution in [-0.4, -0.2) is 11.2 Å². The van der Waals surface area contributed by atoms with Crippen LogP contribution in [0.3, 0.4) is 0 Å². The molecule has 0 aromatic carbocycles. The molecular formula is C19H29ClO. The van der Waals surface area contributed by atoms with Gasteiger partial charge in [0.25, 0.3) is 0 Å². The van der Waals surface area contributed by atoms with E-state index >= 15 is 0 Å². The van der Waals surface area contributed by atoms with Crippen molar-refractivity contribution in [2.45, 2.75) is 77.0 Å². The molecule has 2 heteroatoms. The highest BCUT2D eigenvalue weighted by molar-refractivity contribution is 6.20. The summed E-state index contributed by atoms with van der Waals surface area (Å²) >= 11 is 6.46. The summed E-state index contributed by atoms with van der Waals surface area (Å²) in [7, 11) is 0. The maximum Gasteiger partial charge on any atom is 0.139 e. The molecule has 0 spiro atoms. The zero-order valence-electron chi connectivity index (χ0n) is 13.5. The summed E-state index contributed by atoms with van der Waals surface area (Å²) in [4.78, 5) is 12.4. The molecule has 0 amide bonds. The summed E-state index contributed by atoms with van der Waals surface area (Å²) in [6.45, 7) is 4.85. The Morgan fingerprint density at radius 2 is 1.81 bits per heavy atom. The van der Waals surface area contributed by atoms with Crippen molar-refractivity contribution < 1.29 is 4.79 Å². The van der Waals surface area contributed by atoms with Crippen molar-refractivity contribution in [3.8, 4) is 0 Å². The van der Waals surface area contributed by atoms with Gasteiger partial charge in [-0.05, 0) is 80.5 Å². The van der Waals surface area contributed by atoms with E-state index < -0.39 is 0 Å². The highest BCUT2D eigenvalue weighted by Gasteiger charge is 2.60. The number of halogens is 1. The van der Waals surface area contributed by atoms with Gasteiger partial charge in [-0.2, -0.15) is 0 Å². The molecule has 0 aromatic rings. The molecule has 4 saturated carbocycles. The van der Waals surface area contributed by atoms with Crippen LogP contribution in [0.2, 0.25) is 0 Å². The molecule has 118 valence electrons. The molecular weight excluding hydrogens is 280 g/mol. The molecule has 0 saturated heterocycles. The second kappa shape index (κ2) is 4.73. The Morgan fingerprint density at radius 1 is 1.00 bits per heavy atom. The van der Waals surface area contributed by atoms with Gasteiger partial charge in [0.2, 0.25) is 0 Å². The Hall–Kier alpha value is -0.0400. The quantitative estimate of drug-likeness (QED) is 0.562. The van der Waals surface area contributed by atoms with E-state index in [0.717, 1.165) is 30.6 Å². The average Bonchev–Trinajstić information content (AvgIpc) is 2.76. The summed E-state index contributed by atoms with van der Waals surface area (Å²) in [5.41, 5.74) is 0.551. The Balaban J connectivity index is 1.64. The number of carbonyl (C=O) groups is 1. The Bertz CT molecular complexity index is 460. The van der Waals surface area contributed by atoms with Gasteiger partial charge in [0.15, 0.2) is 0 Å². The molecule has 4 unspecified atom stereocenters. The predicted octanol–water partition coefficient (Wildman–Crippen LogP) is 5.21. The first-order chi connectivity index (χ1) is 9.95. The third-order valence-electron chi connectivity index (χ3n) is 8.31. The smallest absolute Gasteiger partial charge is 0.139 e. The van der Waals surface area contributed by atoms with Gasteiger partial charge in [0, 0.05) is 17.2 Å². The largest absolute Gasteiger partial charge is 0.299 e. The van der Waals surface area contributed by atoms with Crippen molar-refractivity contribution in [1.82, 2.24) is 0 Å². The first kappa shape index (κ1) is 14.5. The lowest BCUT2D eigenvalue weighted by Gasteiger charge is -2.60. The van der Waals surface area contributed by atoms with Crippen LogP contribution in [0.25, 0.3) is 0 Å². The van der Waals surface area contributed by atoms with Gasteiger partial charge in [-0.1, -0.05) is 13.8 Å². The molecule has 0 bridgehead atoms. The lowest BCUT2D eigenvalue weighted by Crippen LogP contribution is -2.53. The maximum absolute atomic E-state index is 12.4. The van der Waals surface area contributed by atoms with Gasteiger partial charge in [0.1, 0.15) is 5.78 Å². The van der Waals surface area contributed by atoms with E-state index in [9.17, 15) is 4.79 Å². The minimum atomic E-state index is 0.0358. The number of Topliss-reactive ketones (excluding diaryl/α,β-unsaturated/α-hetero) is 1. The van der Waals surface area contributed by atoms with Crippen molar-refractivity contribution in [2.24, 2.45) is 34.5 Å². The van der Waals surface area contributed by atoms with Crippen LogP contribution in [0.4, 0.5) is 0 Å². The summed E-state index contributed by atoms with van der Waals surface area (Å²) in [6, 6.07) is 0. The number of carbonyl (C=O) groups excluding carboxylic acids is 1. The van der Waals surface area contributed by atoms with Crippen LogP contribution >= 0.6 is 11.6 Å². The minimum Gasteiger partial charge on any atom is -0.299 e. The van der Waals surface area contributed by atoms with Crippen LogP contribution in [0.5, 0.6) is 0 Å². The number of hydrogen-bond acceptors (Lipinski definition) is 1. The Kier molecular flexibility index (Phi) is 3.27. The van der Waals surface area contributed by atoms with Crippen molar-refractivity contribution in [2.75, 3.05) is 0 Å². The minimum absolute atomic E-state index is 0.0358. The van der Waals surface area contributed by atoms with Gasteiger partial charge in [-0.25, -0.2) is 0 Å². The molecule has 1 nitrogen and oxygen atoms in total. The molecule has 7 atom stereocenters. The summed E-state index contributed by atoms with van der Waals surface area (Å²) in [5.74, 6) is 3.79. The molecule has 0 aromatic heterocycles. The average molecular weight is 309 g/mol. The number of hydrogen-bond donors (Lipinski definition) is 0. The topological polar surface area (TPSA) is 17.1 Å². The van der Waals surface area contributed by atoms with Crippen LogP contribution in [0.1, 0.15) is 71.6 Å². The number of rotatable bonds is 0. The Labute approximate surface area is 134 Å². The van der Waals surface area contributed by atoms with Gasteiger partial charge in [0.05, 0.1) is 0 Å². The van der Waals surface area contributed by atoms with E-state index in [4.69, 9.17) is 11.6 Å². The molecule has 0 heterocycles. The van der Waals surface area contributed by atoms with E-state index in [2.05, 4.69) is 13.8 Å². The number of fused-ring (bicyclic) bond motifs is 5. The van der Waals surface area contributed by atoms with Gasteiger partial charge >= 0.3 is 0 Å². The van der Waals surface area contributed by atoms with Gasteiger partial charge < -0.3 is 0 Å². The van der Waals surface area contributed by atoms with E-state index in [1.165, 1.54) is 44.9 Å². The summed E-state index contributed by atoms with van der Waals surface area (Å²) < 4.78 is 0. The van der Waals surface area contributed by atoms with Crippen LogP contribution in [0.15, 0.2) is 0 Å². The van der Waals surface area contributed by atoms with E-state index in [1.807, 2.05) is 0 Å². The Morgan fingerprint density at radius 3 is 2.62 bits per heavy atom. The molecule has 4 aliphatic carbocycles. The molecule has 0 aliphatic heterocycles. The van der Waals surface area contributed by atoms with Crippen LogP contribution < -0.4 is 0 Å². The van der Waals surface area contributed by atoms with Crippen LogP contribution in [0, 0.1) is 34.5 Å². The third kappa shape index (κ3) is 1.92. The monoisotopic (exact) mass is 308 g/mol. The lowest BCUT2D eigenvalue weighted by molar-refractivity contribution is -0.138. The van der Waals surface area contributed by atoms with Crippen molar-refractivity contribution >= 4 is 17.4 Å². The van der Waals surface area contributed by atoms with Gasteiger partial charge in [-0.3, -0.25) is 4.79 Å². The predicted molar refractivity (Wildman–Crippen MR) is 86.4 cm³/mol. The van der Waals surface area contributed by atoms with Crippen molar-refractivity contribution in [1.29, 1.82) is 0 Å². The number of alkyl halides is 1. The lowest BCUT2D eigenvalue weighted by atomic mass is 9.45. The molecule has 4 aliphatic rings. The fourth-order valence-corrected chi connectivity index (χ4v) is 7.30. The molecule has 4 rings (SSSR count). The van der Waals surface area contributed by atoms with Crippen molar-refractivity contribution in [3.05, 3.63) is 0 Å². The fraction of sp³-hybridized carbons (Fsp3) is 0.947. The molecule has 21 heavy (non-hydrogen) atoms. The fourth-order valence-electron chi connectivity index (χ4n) is 6.98. The summed E-state index contributed by atoms with van der Waals surface area (Å²) in [6.07, 6.45) is 11.0. The zero-order valence-corrected chi connectivity index (χ0v) is 14.3. The first-order valence-corrected chi connectivity index (χ1v) is 9.56. The van der Waals surface area contributed by atoms with Gasteiger partial charge in [-0.15, -0.1) is 11.6 Å². The second-order valence-electron chi connectivity index (χ2n) is 8.95. The third-order valence-corrected chi connectivity index (χ3v) is 8.71.